The first kappa shape index (κ1) is 40.7. The van der Waals surface area contributed by atoms with Crippen LogP contribution < -0.4 is 14.2 Å². The molecule has 0 saturated heterocycles. The van der Waals surface area contributed by atoms with Crippen molar-refractivity contribution >= 4 is 17.9 Å². The lowest BCUT2D eigenvalue weighted by molar-refractivity contribution is -0.135. The first-order valence-corrected chi connectivity index (χ1v) is 18.8. The van der Waals surface area contributed by atoms with E-state index in [9.17, 15) is 14.4 Å². The van der Waals surface area contributed by atoms with Gasteiger partial charge in [0.05, 0.1) is 0 Å². The number of carbonyl (C=O) groups excluding carboxylic acids is 3. The van der Waals surface area contributed by atoms with E-state index in [0.717, 1.165) is 57.8 Å². The quantitative estimate of drug-likeness (QED) is 0.0478. The maximum atomic E-state index is 12.6. The van der Waals surface area contributed by atoms with Gasteiger partial charge in [0, 0.05) is 37.5 Å². The third-order valence-electron chi connectivity index (χ3n) is 8.25. The highest BCUT2D eigenvalue weighted by Gasteiger charge is 2.14. The highest BCUT2D eigenvalue weighted by Crippen LogP contribution is 2.29. The van der Waals surface area contributed by atoms with Gasteiger partial charge in [0.15, 0.2) is 0 Å². The SMILES string of the molecule is CCCCCCCCCCC(=O)Oc1cc(OC(=O)CCCCCCCCCC)cc(OC(=O)CCCCCCCCCC)c1. The van der Waals surface area contributed by atoms with Gasteiger partial charge in [-0.15, -0.1) is 0 Å². The van der Waals surface area contributed by atoms with Crippen molar-refractivity contribution in [3.63, 3.8) is 0 Å². The van der Waals surface area contributed by atoms with Crippen molar-refractivity contribution in [2.75, 3.05) is 0 Å². The largest absolute Gasteiger partial charge is 0.426 e. The molecule has 258 valence electrons. The minimum atomic E-state index is -0.334. The Morgan fingerprint density at radius 2 is 0.556 bits per heavy atom. The van der Waals surface area contributed by atoms with E-state index in [2.05, 4.69) is 20.8 Å². The molecule has 0 amide bonds. The predicted octanol–water partition coefficient (Wildman–Crippen LogP) is 12.0. The second-order valence-electron chi connectivity index (χ2n) is 12.7. The van der Waals surface area contributed by atoms with Gasteiger partial charge in [-0.05, 0) is 19.3 Å². The molecule has 0 heterocycles. The Hall–Kier alpha value is -2.37. The topological polar surface area (TPSA) is 78.9 Å². The van der Waals surface area contributed by atoms with Gasteiger partial charge in [-0.2, -0.15) is 0 Å². The standard InChI is InChI=1S/C39H66O6/c1-4-7-10-13-16-19-22-25-28-37(40)43-34-31-35(44-38(41)29-26-23-20-17-14-11-8-5-2)33-36(32-34)45-39(42)30-27-24-21-18-15-12-9-6-3/h31-33H,4-30H2,1-3H3. The van der Waals surface area contributed by atoms with Gasteiger partial charge in [-0.25, -0.2) is 0 Å². The van der Waals surface area contributed by atoms with E-state index < -0.39 is 0 Å². The molecule has 0 N–H and O–H groups in total. The summed E-state index contributed by atoms with van der Waals surface area (Å²) in [6.45, 7) is 6.65. The number of rotatable bonds is 30. The first-order valence-electron chi connectivity index (χ1n) is 18.8. The Labute approximate surface area is 275 Å². The van der Waals surface area contributed by atoms with E-state index in [1.165, 1.54) is 115 Å². The molecule has 1 aromatic rings. The van der Waals surface area contributed by atoms with Crippen molar-refractivity contribution < 1.29 is 28.6 Å². The third kappa shape index (κ3) is 24.5. The van der Waals surface area contributed by atoms with Crippen molar-refractivity contribution in [3.05, 3.63) is 18.2 Å². The second-order valence-corrected chi connectivity index (χ2v) is 12.7. The smallest absolute Gasteiger partial charge is 0.311 e. The van der Waals surface area contributed by atoms with E-state index in [1.807, 2.05) is 0 Å². The Morgan fingerprint density at radius 1 is 0.356 bits per heavy atom. The van der Waals surface area contributed by atoms with Crippen molar-refractivity contribution in [3.8, 4) is 17.2 Å². The summed E-state index contributed by atoms with van der Waals surface area (Å²) in [6, 6.07) is 4.60. The minimum absolute atomic E-state index is 0.229. The van der Waals surface area contributed by atoms with Gasteiger partial charge < -0.3 is 14.2 Å². The lowest BCUT2D eigenvalue weighted by Crippen LogP contribution is -2.11. The second kappa shape index (κ2) is 29.1. The molecule has 0 saturated carbocycles. The molecule has 0 aliphatic heterocycles. The highest BCUT2D eigenvalue weighted by atomic mass is 16.6. The average Bonchev–Trinajstić information content (AvgIpc) is 3.01. The fraction of sp³-hybridized carbons (Fsp3) is 0.769. The molecular formula is C39H66O6. The zero-order chi connectivity index (χ0) is 32.8. The van der Waals surface area contributed by atoms with Crippen LogP contribution >= 0.6 is 0 Å². The Bertz CT molecular complexity index is 769. The normalized spacial score (nSPS) is 11.0. The van der Waals surface area contributed by atoms with Crippen LogP contribution in [0.3, 0.4) is 0 Å². The number of ether oxygens (including phenoxy) is 3. The van der Waals surface area contributed by atoms with Gasteiger partial charge in [0.25, 0.3) is 0 Å². The molecule has 6 nitrogen and oxygen atoms in total. The summed E-state index contributed by atoms with van der Waals surface area (Å²) in [5.41, 5.74) is 0. The maximum Gasteiger partial charge on any atom is 0.311 e. The molecule has 45 heavy (non-hydrogen) atoms. The average molecular weight is 631 g/mol. The number of esters is 3. The van der Waals surface area contributed by atoms with Crippen LogP contribution in [0.4, 0.5) is 0 Å². The van der Waals surface area contributed by atoms with E-state index in [4.69, 9.17) is 14.2 Å². The molecule has 0 fully saturated rings. The molecule has 0 unspecified atom stereocenters. The van der Waals surface area contributed by atoms with Crippen LogP contribution in [0, 0.1) is 0 Å². The summed E-state index contributed by atoms with van der Waals surface area (Å²) in [7, 11) is 0. The molecule has 0 radical (unpaired) electrons. The molecular weight excluding hydrogens is 564 g/mol. The van der Waals surface area contributed by atoms with E-state index in [0.29, 0.717) is 19.3 Å². The molecule has 1 rings (SSSR count). The van der Waals surface area contributed by atoms with Gasteiger partial charge in [-0.1, -0.05) is 156 Å². The van der Waals surface area contributed by atoms with E-state index >= 15 is 0 Å². The third-order valence-corrected chi connectivity index (χ3v) is 8.25. The summed E-state index contributed by atoms with van der Waals surface area (Å²) in [6.07, 6.45) is 28.5. The molecule has 1 aromatic carbocycles. The monoisotopic (exact) mass is 630 g/mol. The summed E-state index contributed by atoms with van der Waals surface area (Å²) in [5, 5.41) is 0. The van der Waals surface area contributed by atoms with Crippen molar-refractivity contribution in [1.82, 2.24) is 0 Å². The number of hydrogen-bond acceptors (Lipinski definition) is 6. The predicted molar refractivity (Wildman–Crippen MR) is 185 cm³/mol. The summed E-state index contributed by atoms with van der Waals surface area (Å²) in [4.78, 5) is 37.8. The minimum Gasteiger partial charge on any atom is -0.426 e. The van der Waals surface area contributed by atoms with Gasteiger partial charge >= 0.3 is 17.9 Å². The van der Waals surface area contributed by atoms with E-state index in [1.54, 1.807) is 0 Å². The number of hydrogen-bond donors (Lipinski definition) is 0. The molecule has 0 spiro atoms. The van der Waals surface area contributed by atoms with Crippen LogP contribution in [0.5, 0.6) is 17.2 Å². The molecule has 0 aromatic heterocycles. The molecule has 0 atom stereocenters. The molecule has 0 bridgehead atoms. The van der Waals surface area contributed by atoms with Crippen LogP contribution in [-0.2, 0) is 14.4 Å². The van der Waals surface area contributed by atoms with Gasteiger partial charge in [0.1, 0.15) is 17.2 Å². The van der Waals surface area contributed by atoms with Crippen LogP contribution in [0.25, 0.3) is 0 Å². The van der Waals surface area contributed by atoms with Crippen LogP contribution in [0.2, 0.25) is 0 Å². The van der Waals surface area contributed by atoms with Crippen LogP contribution in [-0.4, -0.2) is 17.9 Å². The fourth-order valence-corrected chi connectivity index (χ4v) is 5.48. The fourth-order valence-electron chi connectivity index (χ4n) is 5.48. The lowest BCUT2D eigenvalue weighted by Gasteiger charge is -2.11. The molecule has 0 aliphatic carbocycles. The first-order chi connectivity index (χ1) is 22.0. The summed E-state index contributed by atoms with van der Waals surface area (Å²) >= 11 is 0. The van der Waals surface area contributed by atoms with Gasteiger partial charge in [0.2, 0.25) is 0 Å². The summed E-state index contributed by atoms with van der Waals surface area (Å²) in [5.74, 6) is -0.315. The maximum absolute atomic E-state index is 12.6. The van der Waals surface area contributed by atoms with Crippen LogP contribution in [0.1, 0.15) is 194 Å². The van der Waals surface area contributed by atoms with Crippen LogP contribution in [0.15, 0.2) is 18.2 Å². The number of carbonyl (C=O) groups is 3. The zero-order valence-corrected chi connectivity index (χ0v) is 29.3. The highest BCUT2D eigenvalue weighted by molar-refractivity contribution is 5.76. The Morgan fingerprint density at radius 3 is 0.778 bits per heavy atom. The lowest BCUT2D eigenvalue weighted by atomic mass is 10.1. The molecule has 0 aliphatic rings. The van der Waals surface area contributed by atoms with Crippen molar-refractivity contribution in [2.45, 2.75) is 194 Å². The van der Waals surface area contributed by atoms with E-state index in [-0.39, 0.29) is 35.2 Å². The van der Waals surface area contributed by atoms with Crippen molar-refractivity contribution in [1.29, 1.82) is 0 Å². The Kier molecular flexibility index (Phi) is 26.3. The summed E-state index contributed by atoms with van der Waals surface area (Å²) < 4.78 is 16.8. The van der Waals surface area contributed by atoms with Gasteiger partial charge in [-0.3, -0.25) is 14.4 Å². The molecule has 6 heteroatoms. The van der Waals surface area contributed by atoms with Crippen molar-refractivity contribution in [2.24, 2.45) is 0 Å². The number of unbranched alkanes of at least 4 members (excludes halogenated alkanes) is 21. The number of benzene rings is 1. The zero-order valence-electron chi connectivity index (χ0n) is 29.3. The Balaban J connectivity index is 2.60.